The van der Waals surface area contributed by atoms with E-state index in [1.165, 1.54) is 31.3 Å². The topological polar surface area (TPSA) is 25.8 Å². The lowest BCUT2D eigenvalue weighted by Gasteiger charge is -2.05. The number of hydrogen-bond acceptors (Lipinski definition) is 6. The van der Waals surface area contributed by atoms with Gasteiger partial charge in [0, 0.05) is 48.6 Å². The van der Waals surface area contributed by atoms with Crippen molar-refractivity contribution < 1.29 is 0 Å². The molecule has 6 aromatic rings. The van der Waals surface area contributed by atoms with E-state index in [1.807, 2.05) is 66.2 Å². The molecule has 0 aliphatic rings. The van der Waals surface area contributed by atoms with Gasteiger partial charge >= 0.3 is 0 Å². The second kappa shape index (κ2) is 21.9. The molecule has 0 atom stereocenters. The second-order valence-electron chi connectivity index (χ2n) is 12.0. The molecule has 0 N–H and O–H groups in total. The van der Waals surface area contributed by atoms with E-state index in [9.17, 15) is 0 Å². The fourth-order valence-electron chi connectivity index (χ4n) is 4.31. The van der Waals surface area contributed by atoms with Gasteiger partial charge in [-0.3, -0.25) is 0 Å². The van der Waals surface area contributed by atoms with Crippen LogP contribution in [0, 0.1) is 0 Å². The van der Waals surface area contributed by atoms with Crippen molar-refractivity contribution in [3.63, 3.8) is 0 Å². The Bertz CT molecular complexity index is 1610. The Morgan fingerprint density at radius 3 is 1.46 bits per heavy atom. The molecule has 48 heavy (non-hydrogen) atoms. The van der Waals surface area contributed by atoms with Crippen LogP contribution in [0.5, 0.6) is 0 Å². The molecule has 0 saturated heterocycles. The maximum Gasteiger partial charge on any atom is 0.0968 e. The minimum absolute atomic E-state index is 0.587. The lowest BCUT2D eigenvalue weighted by molar-refractivity contribution is 1.07. The zero-order chi connectivity index (χ0) is 34.7. The molecule has 0 aliphatic carbocycles. The predicted molar refractivity (Wildman–Crippen MR) is 220 cm³/mol. The summed E-state index contributed by atoms with van der Waals surface area (Å²) in [6.07, 6.45) is 3.77. The molecule has 0 fully saturated rings. The summed E-state index contributed by atoms with van der Waals surface area (Å²) in [6.45, 7) is 17.6. The van der Waals surface area contributed by atoms with Gasteiger partial charge in [-0.25, -0.2) is 9.97 Å². The van der Waals surface area contributed by atoms with E-state index in [-0.39, 0.29) is 0 Å². The first-order valence-electron chi connectivity index (χ1n) is 16.5. The molecular formula is C42H50N2S4. The van der Waals surface area contributed by atoms with Gasteiger partial charge in [-0.05, 0) is 58.6 Å². The van der Waals surface area contributed by atoms with E-state index in [4.69, 9.17) is 0 Å². The Labute approximate surface area is 306 Å². The average Bonchev–Trinajstić information content (AvgIpc) is 3.05. The predicted octanol–water partition coefficient (Wildman–Crippen LogP) is 13.8. The van der Waals surface area contributed by atoms with Crippen LogP contribution in [0.25, 0.3) is 21.5 Å². The molecule has 2 aromatic heterocycles. The molecule has 4 aromatic carbocycles. The third-order valence-electron chi connectivity index (χ3n) is 6.16. The quantitative estimate of drug-likeness (QED) is 0.146. The molecule has 6 heteroatoms. The van der Waals surface area contributed by atoms with Gasteiger partial charge in [0.25, 0.3) is 0 Å². The molecule has 6 rings (SSSR count). The highest BCUT2D eigenvalue weighted by Gasteiger charge is 2.01. The SMILES string of the molecule is CC(C)Sc1cc2ccccc2cn1.CC(C)Sc1ccc2ccccc2c1.CC(C)Sc1ccccc1.CC(C)Sc1ccccn1. The fraction of sp³-hybridized carbons (Fsp3) is 0.286. The summed E-state index contributed by atoms with van der Waals surface area (Å²) in [5.74, 6) is 0. The molecule has 0 aliphatic heterocycles. The first-order valence-corrected chi connectivity index (χ1v) is 20.1. The van der Waals surface area contributed by atoms with Crippen molar-refractivity contribution in [1.82, 2.24) is 9.97 Å². The first kappa shape index (κ1) is 39.5. The van der Waals surface area contributed by atoms with Crippen molar-refractivity contribution in [1.29, 1.82) is 0 Å². The van der Waals surface area contributed by atoms with Crippen LogP contribution in [-0.4, -0.2) is 31.0 Å². The van der Waals surface area contributed by atoms with Crippen LogP contribution >= 0.6 is 47.0 Å². The minimum Gasteiger partial charge on any atom is -0.250 e. The van der Waals surface area contributed by atoms with E-state index >= 15 is 0 Å². The summed E-state index contributed by atoms with van der Waals surface area (Å²) in [6, 6.07) is 42.1. The van der Waals surface area contributed by atoms with Crippen LogP contribution in [0.3, 0.4) is 0 Å². The Balaban J connectivity index is 0.000000176. The van der Waals surface area contributed by atoms with Gasteiger partial charge in [0.1, 0.15) is 0 Å². The number of nitrogens with zero attached hydrogens (tertiary/aromatic N) is 2. The van der Waals surface area contributed by atoms with Crippen LogP contribution in [-0.2, 0) is 0 Å². The number of hydrogen-bond donors (Lipinski definition) is 0. The van der Waals surface area contributed by atoms with Crippen LogP contribution in [0.2, 0.25) is 0 Å². The summed E-state index contributed by atoms with van der Waals surface area (Å²) in [5.41, 5.74) is 0. The van der Waals surface area contributed by atoms with Crippen molar-refractivity contribution in [3.05, 3.63) is 134 Å². The highest BCUT2D eigenvalue weighted by Crippen LogP contribution is 2.27. The van der Waals surface area contributed by atoms with Crippen molar-refractivity contribution in [3.8, 4) is 0 Å². The van der Waals surface area contributed by atoms with Crippen LogP contribution < -0.4 is 0 Å². The zero-order valence-corrected chi connectivity index (χ0v) is 32.8. The van der Waals surface area contributed by atoms with E-state index in [0.29, 0.717) is 21.0 Å². The molecule has 0 spiro atoms. The van der Waals surface area contributed by atoms with Crippen LogP contribution in [0.4, 0.5) is 0 Å². The van der Waals surface area contributed by atoms with Crippen molar-refractivity contribution in [2.24, 2.45) is 0 Å². The van der Waals surface area contributed by atoms with Gasteiger partial charge in [0.2, 0.25) is 0 Å². The molecule has 0 bridgehead atoms. The second-order valence-corrected chi connectivity index (χ2v) is 18.5. The average molecular weight is 711 g/mol. The normalized spacial score (nSPS) is 10.8. The lowest BCUT2D eigenvalue weighted by Crippen LogP contribution is -1.88. The Morgan fingerprint density at radius 2 is 0.875 bits per heavy atom. The number of aromatic nitrogens is 2. The molecule has 0 amide bonds. The van der Waals surface area contributed by atoms with Gasteiger partial charge in [0.15, 0.2) is 0 Å². The number of fused-ring (bicyclic) bond motifs is 2. The first-order chi connectivity index (χ1) is 23.1. The fourth-order valence-corrected chi connectivity index (χ4v) is 7.61. The summed E-state index contributed by atoms with van der Waals surface area (Å²) in [4.78, 5) is 11.3. The summed E-state index contributed by atoms with van der Waals surface area (Å²) < 4.78 is 0. The third kappa shape index (κ3) is 16.0. The smallest absolute Gasteiger partial charge is 0.0968 e. The molecule has 0 radical (unpaired) electrons. The van der Waals surface area contributed by atoms with E-state index in [0.717, 1.165) is 10.1 Å². The van der Waals surface area contributed by atoms with Gasteiger partial charge in [0.05, 0.1) is 10.1 Å². The summed E-state index contributed by atoms with van der Waals surface area (Å²) >= 11 is 7.40. The van der Waals surface area contributed by atoms with E-state index in [2.05, 4.69) is 156 Å². The van der Waals surface area contributed by atoms with Gasteiger partial charge in [-0.2, -0.15) is 0 Å². The van der Waals surface area contributed by atoms with E-state index in [1.54, 1.807) is 23.5 Å². The third-order valence-corrected chi connectivity index (χ3v) is 10.1. The maximum absolute atomic E-state index is 4.41. The molecule has 0 unspecified atom stereocenters. The maximum atomic E-state index is 4.41. The Kier molecular flexibility index (Phi) is 18.1. The molecule has 2 heterocycles. The highest BCUT2D eigenvalue weighted by molar-refractivity contribution is 8.00. The highest BCUT2D eigenvalue weighted by atomic mass is 32.2. The summed E-state index contributed by atoms with van der Waals surface area (Å²) in [7, 11) is 0. The number of pyridine rings is 2. The number of benzene rings is 4. The van der Waals surface area contributed by atoms with Gasteiger partial charge in [-0.1, -0.05) is 134 Å². The zero-order valence-electron chi connectivity index (χ0n) is 29.5. The molecule has 0 saturated carbocycles. The lowest BCUT2D eigenvalue weighted by atomic mass is 10.1. The molecule has 2 nitrogen and oxygen atoms in total. The van der Waals surface area contributed by atoms with Crippen LogP contribution in [0.15, 0.2) is 154 Å². The monoisotopic (exact) mass is 710 g/mol. The standard InChI is InChI=1S/C13H14S.C12H13NS.C9H12S.C8H11NS/c1-10(2)14-13-8-7-11-5-3-4-6-12(11)9-13;1-9(2)14-12-7-10-5-3-4-6-11(10)8-13-12;1-8(2)10-9-6-4-3-5-7-9;1-7(2)10-8-5-3-4-6-9-8/h3-10H,1-2H3;3-9H,1-2H3;3-8H,1-2H3;3-7H,1-2H3. The Hall–Kier alpha value is -2.90. The molecule has 252 valence electrons. The molecular weight excluding hydrogens is 661 g/mol. The van der Waals surface area contributed by atoms with Crippen molar-refractivity contribution in [2.45, 2.75) is 96.2 Å². The van der Waals surface area contributed by atoms with E-state index < -0.39 is 0 Å². The van der Waals surface area contributed by atoms with Crippen molar-refractivity contribution >= 4 is 68.6 Å². The summed E-state index contributed by atoms with van der Waals surface area (Å²) in [5, 5.41) is 9.89. The minimum atomic E-state index is 0.587. The van der Waals surface area contributed by atoms with Crippen molar-refractivity contribution in [2.75, 3.05) is 0 Å². The number of thioether (sulfide) groups is 4. The van der Waals surface area contributed by atoms with Crippen LogP contribution in [0.1, 0.15) is 55.4 Å². The Morgan fingerprint density at radius 1 is 0.375 bits per heavy atom. The van der Waals surface area contributed by atoms with Gasteiger partial charge in [-0.15, -0.1) is 47.0 Å². The van der Waals surface area contributed by atoms with Gasteiger partial charge < -0.3 is 0 Å². The largest absolute Gasteiger partial charge is 0.250 e. The number of rotatable bonds is 8.